The molecule has 0 amide bonds. The van der Waals surface area contributed by atoms with Crippen LogP contribution in [0.5, 0.6) is 0 Å². The van der Waals surface area contributed by atoms with Crippen LogP contribution in [0.2, 0.25) is 0 Å². The zero-order valence-electron chi connectivity index (χ0n) is 20.3. The summed E-state index contributed by atoms with van der Waals surface area (Å²) in [6.45, 7) is 39.7. The van der Waals surface area contributed by atoms with E-state index in [2.05, 4.69) is 45.7 Å². The molecular weight excluding hydrogens is 276 g/mol. The third-order valence-corrected chi connectivity index (χ3v) is 0.760. The topological polar surface area (TPSA) is 0 Å². The molecule has 0 atom stereocenters. The summed E-state index contributed by atoms with van der Waals surface area (Å²) >= 11 is 0. The molecule has 0 aliphatic carbocycles. The minimum atomic E-state index is 1.08. The number of allylic oxidation sites excluding steroid dienone is 3. The molecule has 0 radical (unpaired) electrons. The van der Waals surface area contributed by atoms with Gasteiger partial charge in [0.05, 0.1) is 0 Å². The lowest BCUT2D eigenvalue weighted by Crippen LogP contribution is -1.43. The molecule has 0 heteroatoms. The molecule has 0 heterocycles. The average Bonchev–Trinajstić information content (AvgIpc) is 2.73. The Balaban J connectivity index is -0.0000000143. The first-order valence-corrected chi connectivity index (χ1v) is 10.0. The molecule has 0 saturated carbocycles. The highest BCUT2D eigenvalue weighted by atomic mass is 13.6. The van der Waals surface area contributed by atoms with Crippen molar-refractivity contribution in [2.45, 2.75) is 117 Å². The average molecular weight is 335 g/mol. The zero-order valence-corrected chi connectivity index (χ0v) is 20.3. The molecule has 0 bridgehead atoms. The van der Waals surface area contributed by atoms with E-state index in [0.717, 1.165) is 12.8 Å². The third kappa shape index (κ3) is 1590. The highest BCUT2D eigenvalue weighted by Crippen LogP contribution is 1.73. The summed E-state index contributed by atoms with van der Waals surface area (Å²) in [5.41, 5.74) is 0. The fourth-order valence-corrected chi connectivity index (χ4v) is 0.236. The Hall–Kier alpha value is -0.780. The minimum Gasteiger partial charge on any atom is -0.106 e. The van der Waals surface area contributed by atoms with E-state index in [4.69, 9.17) is 0 Å². The second kappa shape index (κ2) is 487. The van der Waals surface area contributed by atoms with Crippen LogP contribution < -0.4 is 0 Å². The predicted octanol–water partition coefficient (Wildman–Crippen LogP) is 10.5. The Kier molecular flexibility index (Phi) is 1210. The normalized spacial score (nSPS) is 5.00. The van der Waals surface area contributed by atoms with Gasteiger partial charge in [0, 0.05) is 0 Å². The summed E-state index contributed by atoms with van der Waals surface area (Å²) in [5, 5.41) is 0. The summed E-state index contributed by atoms with van der Waals surface area (Å²) in [7, 11) is 0. The van der Waals surface area contributed by atoms with Crippen molar-refractivity contribution in [3.05, 3.63) is 38.0 Å². The van der Waals surface area contributed by atoms with Gasteiger partial charge in [0.15, 0.2) is 0 Å². The van der Waals surface area contributed by atoms with Crippen molar-refractivity contribution in [3.8, 4) is 0 Å². The second-order valence-electron chi connectivity index (χ2n) is 1.67. The van der Waals surface area contributed by atoms with Crippen LogP contribution in [0, 0.1) is 0 Å². The van der Waals surface area contributed by atoms with Gasteiger partial charge in [-0.15, -0.1) is 19.7 Å². The molecule has 0 spiro atoms. The quantitative estimate of drug-likeness (QED) is 0.440. The van der Waals surface area contributed by atoms with Gasteiger partial charge < -0.3 is 0 Å². The maximum absolute atomic E-state index is 3.48. The molecule has 0 aromatic heterocycles. The van der Waals surface area contributed by atoms with Crippen molar-refractivity contribution in [2.75, 3.05) is 0 Å². The summed E-state index contributed by atoms with van der Waals surface area (Å²) < 4.78 is 0. The van der Waals surface area contributed by atoms with Crippen LogP contribution in [0.25, 0.3) is 0 Å². The Morgan fingerprint density at radius 2 is 0.739 bits per heavy atom. The maximum Gasteiger partial charge on any atom is -0.0379 e. The van der Waals surface area contributed by atoms with Crippen LogP contribution in [0.15, 0.2) is 38.0 Å². The van der Waals surface area contributed by atoms with E-state index in [0.29, 0.717) is 0 Å². The van der Waals surface area contributed by atoms with E-state index in [-0.39, 0.29) is 0 Å². The second-order valence-corrected chi connectivity index (χ2v) is 1.67. The van der Waals surface area contributed by atoms with Crippen molar-refractivity contribution in [3.63, 3.8) is 0 Å². The van der Waals surface area contributed by atoms with E-state index in [1.54, 1.807) is 0 Å². The highest BCUT2D eigenvalue weighted by Gasteiger charge is 1.52. The molecule has 0 nitrogen and oxygen atoms in total. The van der Waals surface area contributed by atoms with Gasteiger partial charge >= 0.3 is 0 Å². The molecule has 0 aromatic carbocycles. The third-order valence-electron chi connectivity index (χ3n) is 0.760. The van der Waals surface area contributed by atoms with Crippen molar-refractivity contribution in [1.82, 2.24) is 0 Å². The monoisotopic (exact) mass is 334 g/mol. The van der Waals surface area contributed by atoms with Crippen LogP contribution in [-0.4, -0.2) is 0 Å². The van der Waals surface area contributed by atoms with Gasteiger partial charge in [-0.1, -0.05) is 115 Å². The highest BCUT2D eigenvalue weighted by molar-refractivity contribution is 4.73. The Morgan fingerprint density at radius 3 is 0.739 bits per heavy atom. The summed E-state index contributed by atoms with van der Waals surface area (Å²) in [6.07, 6.45) is 8.30. The van der Waals surface area contributed by atoms with Gasteiger partial charge in [0.1, 0.15) is 0 Å². The molecular formula is C23H58. The van der Waals surface area contributed by atoms with Crippen LogP contribution in [0.3, 0.4) is 0 Å². The molecule has 0 saturated heterocycles. The smallest absolute Gasteiger partial charge is 0.0379 e. The molecule has 0 rings (SSSR count). The standard InChI is InChI=1S/C5H10.C4H8.6C2H6.C2H4/c1-3-5-4-2;1-3-4-2;7*1-2/h3,5H,4H2,1-2H3;3H,1,4H2,2H3;6*1-2H3;1-2H2/b5-3-;;;;;;;;. The Labute approximate surface area is 155 Å². The first-order valence-electron chi connectivity index (χ1n) is 10.0. The van der Waals surface area contributed by atoms with Crippen LogP contribution in [0.4, 0.5) is 0 Å². The molecule has 150 valence electrons. The van der Waals surface area contributed by atoms with Gasteiger partial charge in [0.25, 0.3) is 0 Å². The SMILES string of the molecule is C/C=C\CC.C=C.C=CCC.CC.CC.CC.CC.CC.CC. The number of rotatable bonds is 2. The van der Waals surface area contributed by atoms with Gasteiger partial charge in [-0.25, -0.2) is 0 Å². The van der Waals surface area contributed by atoms with Crippen LogP contribution in [0.1, 0.15) is 117 Å². The van der Waals surface area contributed by atoms with Gasteiger partial charge in [-0.3, -0.25) is 0 Å². The van der Waals surface area contributed by atoms with E-state index in [9.17, 15) is 0 Å². The van der Waals surface area contributed by atoms with E-state index >= 15 is 0 Å². The van der Waals surface area contributed by atoms with E-state index in [1.807, 2.05) is 96.1 Å². The first-order chi connectivity index (χ1) is 11.3. The number of hydrogen-bond acceptors (Lipinski definition) is 0. The minimum absolute atomic E-state index is 1.08. The Bertz CT molecular complexity index is 70.1. The van der Waals surface area contributed by atoms with Crippen molar-refractivity contribution >= 4 is 0 Å². The summed E-state index contributed by atoms with van der Waals surface area (Å²) in [4.78, 5) is 0. The van der Waals surface area contributed by atoms with Crippen LogP contribution >= 0.6 is 0 Å². The number of hydrogen-bond donors (Lipinski definition) is 0. The predicted molar refractivity (Wildman–Crippen MR) is 125 cm³/mol. The lowest BCUT2D eigenvalue weighted by atomic mass is 10.4. The fraction of sp³-hybridized carbons (Fsp3) is 0.739. The van der Waals surface area contributed by atoms with Gasteiger partial charge in [-0.2, -0.15) is 0 Å². The maximum atomic E-state index is 3.48. The molecule has 23 heavy (non-hydrogen) atoms. The Morgan fingerprint density at radius 1 is 0.565 bits per heavy atom. The lowest BCUT2D eigenvalue weighted by Gasteiger charge is -1.65. The van der Waals surface area contributed by atoms with Crippen molar-refractivity contribution in [1.29, 1.82) is 0 Å². The van der Waals surface area contributed by atoms with E-state index < -0.39 is 0 Å². The van der Waals surface area contributed by atoms with Gasteiger partial charge in [-0.05, 0) is 19.8 Å². The summed E-state index contributed by atoms with van der Waals surface area (Å²) in [5.74, 6) is 0. The van der Waals surface area contributed by atoms with Crippen LogP contribution in [-0.2, 0) is 0 Å². The van der Waals surface area contributed by atoms with Crippen molar-refractivity contribution in [2.24, 2.45) is 0 Å². The van der Waals surface area contributed by atoms with Gasteiger partial charge in [0.2, 0.25) is 0 Å². The van der Waals surface area contributed by atoms with Crippen molar-refractivity contribution < 1.29 is 0 Å². The zero-order chi connectivity index (χ0) is 21.5. The largest absolute Gasteiger partial charge is 0.106 e. The molecule has 0 unspecified atom stereocenters. The van der Waals surface area contributed by atoms with E-state index in [1.165, 1.54) is 0 Å². The fourth-order valence-electron chi connectivity index (χ4n) is 0.236. The molecule has 0 fully saturated rings. The molecule has 0 N–H and O–H groups in total. The molecule has 0 aliphatic heterocycles. The first kappa shape index (κ1) is 57.2. The molecule has 0 aliphatic rings. The summed E-state index contributed by atoms with van der Waals surface area (Å²) in [6, 6.07) is 0. The lowest BCUT2D eigenvalue weighted by molar-refractivity contribution is 1.22. The molecule has 0 aromatic rings.